The normalized spacial score (nSPS) is 20.2. The minimum atomic E-state index is 0.0319. The third-order valence-electron chi connectivity index (χ3n) is 5.51. The van der Waals surface area contributed by atoms with Gasteiger partial charge in [-0.3, -0.25) is 14.2 Å². The van der Waals surface area contributed by atoms with E-state index in [1.54, 1.807) is 10.9 Å². The summed E-state index contributed by atoms with van der Waals surface area (Å²) in [6, 6.07) is 0.0319. The summed E-state index contributed by atoms with van der Waals surface area (Å²) in [5.74, 6) is 0.0610. The smallest absolute Gasteiger partial charge is 0.257 e. The van der Waals surface area contributed by atoms with Gasteiger partial charge in [0.05, 0.1) is 36.7 Å². The molecule has 1 saturated heterocycles. The van der Waals surface area contributed by atoms with Gasteiger partial charge in [0.25, 0.3) is 5.91 Å². The number of aryl methyl sites for hydroxylation is 2. The number of ether oxygens (including phenoxy) is 1. The SMILES string of the molecule is CCn1cc(C(=O)N2CCCCC2c2nn(CC)c3c2COCC3)cn1. The lowest BCUT2D eigenvalue weighted by Gasteiger charge is -2.35. The summed E-state index contributed by atoms with van der Waals surface area (Å²) >= 11 is 0. The standard InChI is InChI=1S/C19H27N5O2/c1-3-22-12-14(11-20-22)19(25)23-9-6-5-7-17(23)18-15-13-26-10-8-16(15)24(4-2)21-18/h11-12,17H,3-10,13H2,1-2H3. The highest BCUT2D eigenvalue weighted by Gasteiger charge is 2.34. The first-order valence-corrected chi connectivity index (χ1v) is 9.72. The fraction of sp³-hybridized carbons (Fsp3) is 0.632. The zero-order valence-corrected chi connectivity index (χ0v) is 15.6. The lowest BCUT2D eigenvalue weighted by molar-refractivity contribution is 0.0596. The molecule has 0 N–H and O–H groups in total. The maximum Gasteiger partial charge on any atom is 0.257 e. The molecule has 2 aromatic rings. The number of nitrogens with zero attached hydrogens (tertiary/aromatic N) is 5. The van der Waals surface area contributed by atoms with Crippen LogP contribution in [0.3, 0.4) is 0 Å². The molecule has 7 heteroatoms. The van der Waals surface area contributed by atoms with Crippen molar-refractivity contribution in [3.05, 3.63) is 34.9 Å². The highest BCUT2D eigenvalue weighted by molar-refractivity contribution is 5.94. The molecular weight excluding hydrogens is 330 g/mol. The maximum atomic E-state index is 13.2. The van der Waals surface area contributed by atoms with Gasteiger partial charge < -0.3 is 9.64 Å². The molecular formula is C19H27N5O2. The van der Waals surface area contributed by atoms with Crippen LogP contribution in [0.1, 0.15) is 66.5 Å². The third kappa shape index (κ3) is 2.94. The molecule has 4 rings (SSSR count). The average Bonchev–Trinajstić information content (AvgIpc) is 3.32. The molecule has 2 aliphatic heterocycles. The van der Waals surface area contributed by atoms with E-state index in [0.717, 1.165) is 57.6 Å². The fourth-order valence-electron chi connectivity index (χ4n) is 4.14. The number of fused-ring (bicyclic) bond motifs is 1. The van der Waals surface area contributed by atoms with Crippen LogP contribution in [0.25, 0.3) is 0 Å². The van der Waals surface area contributed by atoms with Gasteiger partial charge in [-0.1, -0.05) is 0 Å². The van der Waals surface area contributed by atoms with E-state index < -0.39 is 0 Å². The highest BCUT2D eigenvalue weighted by atomic mass is 16.5. The monoisotopic (exact) mass is 357 g/mol. The topological polar surface area (TPSA) is 65.2 Å². The lowest BCUT2D eigenvalue weighted by atomic mass is 9.95. The minimum absolute atomic E-state index is 0.0319. The fourth-order valence-corrected chi connectivity index (χ4v) is 4.14. The van der Waals surface area contributed by atoms with E-state index in [-0.39, 0.29) is 11.9 Å². The van der Waals surface area contributed by atoms with Crippen LogP contribution in [0.5, 0.6) is 0 Å². The van der Waals surface area contributed by atoms with Crippen LogP contribution >= 0.6 is 0 Å². The van der Waals surface area contributed by atoms with Gasteiger partial charge in [-0.25, -0.2) is 0 Å². The Hall–Kier alpha value is -2.15. The first-order valence-electron chi connectivity index (χ1n) is 9.72. The maximum absolute atomic E-state index is 13.2. The molecule has 1 amide bonds. The van der Waals surface area contributed by atoms with Gasteiger partial charge in [0.15, 0.2) is 0 Å². The van der Waals surface area contributed by atoms with E-state index in [2.05, 4.69) is 16.7 Å². The van der Waals surface area contributed by atoms with Crippen molar-refractivity contribution in [1.82, 2.24) is 24.5 Å². The van der Waals surface area contributed by atoms with Gasteiger partial charge in [0, 0.05) is 43.5 Å². The predicted molar refractivity (Wildman–Crippen MR) is 96.8 cm³/mol. The minimum Gasteiger partial charge on any atom is -0.376 e. The molecule has 140 valence electrons. The number of carbonyl (C=O) groups is 1. The van der Waals surface area contributed by atoms with Crippen LogP contribution in [-0.2, 0) is 30.9 Å². The second-order valence-electron chi connectivity index (χ2n) is 7.02. The Morgan fingerprint density at radius 1 is 1.31 bits per heavy atom. The Morgan fingerprint density at radius 3 is 2.96 bits per heavy atom. The number of rotatable bonds is 4. The summed E-state index contributed by atoms with van der Waals surface area (Å²) in [5.41, 5.74) is 4.19. The summed E-state index contributed by atoms with van der Waals surface area (Å²) in [5, 5.41) is 9.17. The van der Waals surface area contributed by atoms with Crippen molar-refractivity contribution in [2.24, 2.45) is 0 Å². The predicted octanol–water partition coefficient (Wildman–Crippen LogP) is 2.56. The van der Waals surface area contributed by atoms with Gasteiger partial charge in [-0.2, -0.15) is 10.2 Å². The largest absolute Gasteiger partial charge is 0.376 e. The van der Waals surface area contributed by atoms with Crippen LogP contribution < -0.4 is 0 Å². The molecule has 0 bridgehead atoms. The van der Waals surface area contributed by atoms with Gasteiger partial charge in [0.1, 0.15) is 0 Å². The van der Waals surface area contributed by atoms with Gasteiger partial charge in [-0.15, -0.1) is 0 Å². The number of likely N-dealkylation sites (tertiary alicyclic amines) is 1. The van der Waals surface area contributed by atoms with Crippen LogP contribution in [0, 0.1) is 0 Å². The average molecular weight is 357 g/mol. The molecule has 0 radical (unpaired) electrons. The summed E-state index contributed by atoms with van der Waals surface area (Å²) in [7, 11) is 0. The Labute approximate surface area is 153 Å². The van der Waals surface area contributed by atoms with Crippen molar-refractivity contribution in [1.29, 1.82) is 0 Å². The van der Waals surface area contributed by atoms with Crippen molar-refractivity contribution in [2.75, 3.05) is 13.2 Å². The first-order chi connectivity index (χ1) is 12.7. The molecule has 4 heterocycles. The first kappa shape index (κ1) is 17.3. The molecule has 0 aliphatic carbocycles. The van der Waals surface area contributed by atoms with E-state index in [4.69, 9.17) is 9.84 Å². The number of piperidine rings is 1. The number of carbonyl (C=O) groups excluding carboxylic acids is 1. The van der Waals surface area contributed by atoms with Crippen LogP contribution in [0.15, 0.2) is 12.4 Å². The van der Waals surface area contributed by atoms with Crippen molar-refractivity contribution in [2.45, 2.75) is 65.3 Å². The van der Waals surface area contributed by atoms with Crippen LogP contribution in [0.4, 0.5) is 0 Å². The van der Waals surface area contributed by atoms with Gasteiger partial charge >= 0.3 is 0 Å². The third-order valence-corrected chi connectivity index (χ3v) is 5.51. The Bertz CT molecular complexity index is 794. The molecule has 26 heavy (non-hydrogen) atoms. The Balaban J connectivity index is 1.68. The zero-order chi connectivity index (χ0) is 18.1. The van der Waals surface area contributed by atoms with E-state index in [0.29, 0.717) is 12.2 Å². The van der Waals surface area contributed by atoms with E-state index in [1.165, 1.54) is 11.3 Å². The van der Waals surface area contributed by atoms with E-state index >= 15 is 0 Å². The number of hydrogen-bond acceptors (Lipinski definition) is 4. The summed E-state index contributed by atoms with van der Waals surface area (Å²) in [4.78, 5) is 15.2. The second-order valence-corrected chi connectivity index (χ2v) is 7.02. The van der Waals surface area contributed by atoms with Crippen molar-refractivity contribution < 1.29 is 9.53 Å². The van der Waals surface area contributed by atoms with Gasteiger partial charge in [0.2, 0.25) is 0 Å². The summed E-state index contributed by atoms with van der Waals surface area (Å²) < 4.78 is 9.61. The van der Waals surface area contributed by atoms with Crippen molar-refractivity contribution >= 4 is 5.91 Å². The number of aromatic nitrogens is 4. The number of hydrogen-bond donors (Lipinski definition) is 0. The zero-order valence-electron chi connectivity index (χ0n) is 15.6. The summed E-state index contributed by atoms with van der Waals surface area (Å²) in [6.45, 7) is 7.90. The second kappa shape index (κ2) is 7.23. The van der Waals surface area contributed by atoms with Gasteiger partial charge in [-0.05, 0) is 33.1 Å². The Kier molecular flexibility index (Phi) is 4.80. The van der Waals surface area contributed by atoms with E-state index in [9.17, 15) is 4.79 Å². The molecule has 1 fully saturated rings. The molecule has 0 aromatic carbocycles. The molecule has 0 saturated carbocycles. The quantitative estimate of drug-likeness (QED) is 0.843. The molecule has 1 atom stereocenters. The molecule has 2 aliphatic rings. The lowest BCUT2D eigenvalue weighted by Crippen LogP contribution is -2.39. The Morgan fingerprint density at radius 2 is 2.19 bits per heavy atom. The van der Waals surface area contributed by atoms with Crippen LogP contribution in [0.2, 0.25) is 0 Å². The molecule has 7 nitrogen and oxygen atoms in total. The molecule has 0 spiro atoms. The molecule has 1 unspecified atom stereocenters. The molecule has 2 aromatic heterocycles. The number of amides is 1. The van der Waals surface area contributed by atoms with Crippen LogP contribution in [-0.4, -0.2) is 43.5 Å². The summed E-state index contributed by atoms with van der Waals surface area (Å²) in [6.07, 6.45) is 7.55. The van der Waals surface area contributed by atoms with E-state index in [1.807, 2.05) is 18.0 Å². The highest BCUT2D eigenvalue weighted by Crippen LogP contribution is 2.35. The van der Waals surface area contributed by atoms with Crippen molar-refractivity contribution in [3.8, 4) is 0 Å². The van der Waals surface area contributed by atoms with Crippen molar-refractivity contribution in [3.63, 3.8) is 0 Å².